The van der Waals surface area contributed by atoms with E-state index in [1.807, 2.05) is 0 Å². The summed E-state index contributed by atoms with van der Waals surface area (Å²) < 4.78 is 0. The van der Waals surface area contributed by atoms with Crippen molar-refractivity contribution >= 4 is 12.4 Å². The molecule has 0 unspecified atom stereocenters. The van der Waals surface area contributed by atoms with E-state index in [9.17, 15) is 0 Å². The van der Waals surface area contributed by atoms with E-state index in [1.54, 1.807) is 0 Å². The Balaban J connectivity index is 2.90. The van der Waals surface area contributed by atoms with Gasteiger partial charge >= 0.3 is 0 Å². The van der Waals surface area contributed by atoms with Gasteiger partial charge in [0.2, 0.25) is 0 Å². The number of hydrogen-bond acceptors (Lipinski definition) is 4. The van der Waals surface area contributed by atoms with Gasteiger partial charge < -0.3 is 10.4 Å². The van der Waals surface area contributed by atoms with Crippen molar-refractivity contribution in [2.45, 2.75) is 25.7 Å². The Labute approximate surface area is 59.9 Å². The van der Waals surface area contributed by atoms with Crippen LogP contribution in [-0.2, 0) is 0 Å². The molecular formula is C6H12N2O2. The zero-order chi connectivity index (χ0) is 7.66. The minimum absolute atomic E-state index is 0.774. The molecule has 0 radical (unpaired) electrons. The molecule has 4 nitrogen and oxygen atoms in total. The SMILES string of the molecule is ON=CCCCCC=NO. The first kappa shape index (κ1) is 8.94. The molecule has 2 N–H and O–H groups in total. The Kier molecular flexibility index (Phi) is 7.10. The summed E-state index contributed by atoms with van der Waals surface area (Å²) in [7, 11) is 0. The van der Waals surface area contributed by atoms with Crippen LogP contribution in [0.4, 0.5) is 0 Å². The highest BCUT2D eigenvalue weighted by molar-refractivity contribution is 5.57. The van der Waals surface area contributed by atoms with Gasteiger partial charge in [0.25, 0.3) is 0 Å². The zero-order valence-electron chi connectivity index (χ0n) is 5.77. The number of oxime groups is 2. The Hall–Kier alpha value is -1.06. The highest BCUT2D eigenvalue weighted by Gasteiger charge is 1.83. The second-order valence-corrected chi connectivity index (χ2v) is 1.88. The molecule has 0 spiro atoms. The van der Waals surface area contributed by atoms with E-state index in [0.29, 0.717) is 0 Å². The fraction of sp³-hybridized carbons (Fsp3) is 0.667. The maximum atomic E-state index is 7.97. The molecule has 0 aliphatic heterocycles. The van der Waals surface area contributed by atoms with Crippen LogP contribution in [0.2, 0.25) is 0 Å². The molecule has 0 bridgehead atoms. The molecule has 0 amide bonds. The van der Waals surface area contributed by atoms with Crippen molar-refractivity contribution in [1.82, 2.24) is 0 Å². The summed E-state index contributed by atoms with van der Waals surface area (Å²) in [6.45, 7) is 0. The van der Waals surface area contributed by atoms with Crippen molar-refractivity contribution in [2.75, 3.05) is 0 Å². The van der Waals surface area contributed by atoms with Gasteiger partial charge in [-0.05, 0) is 25.7 Å². The van der Waals surface area contributed by atoms with E-state index in [0.717, 1.165) is 25.7 Å². The molecular weight excluding hydrogens is 132 g/mol. The van der Waals surface area contributed by atoms with Gasteiger partial charge in [0.15, 0.2) is 0 Å². The molecule has 0 aliphatic carbocycles. The van der Waals surface area contributed by atoms with E-state index in [1.165, 1.54) is 12.4 Å². The summed E-state index contributed by atoms with van der Waals surface area (Å²) in [6, 6.07) is 0. The summed E-state index contributed by atoms with van der Waals surface area (Å²) in [5, 5.41) is 21.6. The fourth-order valence-corrected chi connectivity index (χ4v) is 0.587. The van der Waals surface area contributed by atoms with Gasteiger partial charge in [-0.2, -0.15) is 0 Å². The van der Waals surface area contributed by atoms with E-state index < -0.39 is 0 Å². The van der Waals surface area contributed by atoms with Gasteiger partial charge in [0.1, 0.15) is 0 Å². The van der Waals surface area contributed by atoms with Gasteiger partial charge in [-0.25, -0.2) is 0 Å². The van der Waals surface area contributed by atoms with Crippen LogP contribution < -0.4 is 0 Å². The smallest absolute Gasteiger partial charge is 0.0435 e. The van der Waals surface area contributed by atoms with Gasteiger partial charge in [-0.3, -0.25) is 0 Å². The molecule has 0 rings (SSSR count). The molecule has 10 heavy (non-hydrogen) atoms. The van der Waals surface area contributed by atoms with E-state index >= 15 is 0 Å². The second kappa shape index (κ2) is 7.94. The summed E-state index contributed by atoms with van der Waals surface area (Å²) in [4.78, 5) is 0. The van der Waals surface area contributed by atoms with Crippen molar-refractivity contribution in [2.24, 2.45) is 10.3 Å². The van der Waals surface area contributed by atoms with Crippen LogP contribution in [-0.4, -0.2) is 22.8 Å². The van der Waals surface area contributed by atoms with Crippen molar-refractivity contribution < 1.29 is 10.4 Å². The largest absolute Gasteiger partial charge is 0.411 e. The van der Waals surface area contributed by atoms with Crippen molar-refractivity contribution in [1.29, 1.82) is 0 Å². The lowest BCUT2D eigenvalue weighted by Crippen LogP contribution is -1.80. The van der Waals surface area contributed by atoms with Crippen LogP contribution in [0.3, 0.4) is 0 Å². The predicted molar refractivity (Wildman–Crippen MR) is 39.0 cm³/mol. The molecule has 0 fully saturated rings. The number of rotatable bonds is 5. The van der Waals surface area contributed by atoms with Gasteiger partial charge in [0.05, 0.1) is 0 Å². The third kappa shape index (κ3) is 6.94. The van der Waals surface area contributed by atoms with Crippen molar-refractivity contribution in [3.05, 3.63) is 0 Å². The molecule has 0 aliphatic rings. The molecule has 0 atom stereocenters. The molecule has 0 saturated carbocycles. The summed E-state index contributed by atoms with van der Waals surface area (Å²) in [5.74, 6) is 0. The van der Waals surface area contributed by atoms with Gasteiger partial charge in [-0.15, -0.1) is 10.3 Å². The highest BCUT2D eigenvalue weighted by atomic mass is 16.4. The lowest BCUT2D eigenvalue weighted by atomic mass is 10.2. The Morgan fingerprint density at radius 3 is 1.60 bits per heavy atom. The Morgan fingerprint density at radius 2 is 1.30 bits per heavy atom. The Morgan fingerprint density at radius 1 is 0.900 bits per heavy atom. The zero-order valence-corrected chi connectivity index (χ0v) is 5.77. The van der Waals surface area contributed by atoms with Crippen LogP contribution in [0.1, 0.15) is 25.7 Å². The highest BCUT2D eigenvalue weighted by Crippen LogP contribution is 1.95. The lowest BCUT2D eigenvalue weighted by Gasteiger charge is -1.88. The molecule has 0 aromatic rings. The van der Waals surface area contributed by atoms with Crippen molar-refractivity contribution in [3.8, 4) is 0 Å². The van der Waals surface area contributed by atoms with E-state index in [2.05, 4.69) is 10.3 Å². The summed E-state index contributed by atoms with van der Waals surface area (Å²) in [5.41, 5.74) is 0. The quantitative estimate of drug-likeness (QED) is 0.265. The number of unbranched alkanes of at least 4 members (excludes halogenated alkanes) is 3. The molecule has 0 aromatic carbocycles. The third-order valence-corrected chi connectivity index (χ3v) is 1.08. The first-order valence-corrected chi connectivity index (χ1v) is 3.23. The summed E-state index contributed by atoms with van der Waals surface area (Å²) in [6.07, 6.45) is 6.36. The van der Waals surface area contributed by atoms with Gasteiger partial charge in [-0.1, -0.05) is 0 Å². The van der Waals surface area contributed by atoms with Crippen molar-refractivity contribution in [3.63, 3.8) is 0 Å². The van der Waals surface area contributed by atoms with E-state index in [4.69, 9.17) is 10.4 Å². The molecule has 0 saturated heterocycles. The summed E-state index contributed by atoms with van der Waals surface area (Å²) >= 11 is 0. The topological polar surface area (TPSA) is 65.2 Å². The Bertz CT molecular complexity index is 98.3. The third-order valence-electron chi connectivity index (χ3n) is 1.08. The van der Waals surface area contributed by atoms with Crippen LogP contribution in [0, 0.1) is 0 Å². The average molecular weight is 144 g/mol. The van der Waals surface area contributed by atoms with Crippen LogP contribution >= 0.6 is 0 Å². The second-order valence-electron chi connectivity index (χ2n) is 1.88. The number of nitrogens with zero attached hydrogens (tertiary/aromatic N) is 2. The monoisotopic (exact) mass is 144 g/mol. The first-order chi connectivity index (χ1) is 4.91. The van der Waals surface area contributed by atoms with Crippen LogP contribution in [0.15, 0.2) is 10.3 Å². The minimum atomic E-state index is 0.774. The fourth-order valence-electron chi connectivity index (χ4n) is 0.587. The molecule has 4 heteroatoms. The molecule has 0 aromatic heterocycles. The molecule has 0 heterocycles. The van der Waals surface area contributed by atoms with Crippen LogP contribution in [0.25, 0.3) is 0 Å². The first-order valence-electron chi connectivity index (χ1n) is 3.23. The molecule has 58 valence electrons. The lowest BCUT2D eigenvalue weighted by molar-refractivity contribution is 0.319. The maximum Gasteiger partial charge on any atom is 0.0435 e. The average Bonchev–Trinajstić information content (AvgIpc) is 1.97. The predicted octanol–water partition coefficient (Wildman–Crippen LogP) is 1.47. The maximum absolute atomic E-state index is 7.97. The normalized spacial score (nSPS) is 11.6. The minimum Gasteiger partial charge on any atom is -0.411 e. The van der Waals surface area contributed by atoms with Crippen LogP contribution in [0.5, 0.6) is 0 Å². The number of hydrogen-bond donors (Lipinski definition) is 2. The van der Waals surface area contributed by atoms with E-state index in [-0.39, 0.29) is 0 Å². The van der Waals surface area contributed by atoms with Gasteiger partial charge in [0, 0.05) is 12.4 Å². The standard InChI is InChI=1S/C6H12N2O2/c9-7-5-3-1-2-4-6-8-10/h5-6,9-10H,1-4H2.